The molecule has 3 nitrogen and oxygen atoms in total. The number of aliphatic hydroxyl groups is 1. The maximum Gasteiger partial charge on any atom is 0.172 e. The number of Topliss-reactive ketones (excluding diaryl/α,β-unsaturated/α-hetero) is 1. The first-order valence-electron chi connectivity index (χ1n) is 6.19. The Morgan fingerprint density at radius 3 is 3.12 bits per heavy atom. The molecule has 1 aliphatic rings. The van der Waals surface area contributed by atoms with Gasteiger partial charge in [-0.15, -0.1) is 11.3 Å². The van der Waals surface area contributed by atoms with Crippen LogP contribution in [0.2, 0.25) is 0 Å². The van der Waals surface area contributed by atoms with Crippen LogP contribution in [0.3, 0.4) is 0 Å². The highest BCUT2D eigenvalue weighted by Crippen LogP contribution is 2.17. The van der Waals surface area contributed by atoms with Gasteiger partial charge in [-0.1, -0.05) is 6.07 Å². The van der Waals surface area contributed by atoms with Crippen LogP contribution < -0.4 is 0 Å². The zero-order chi connectivity index (χ0) is 12.1. The summed E-state index contributed by atoms with van der Waals surface area (Å²) < 4.78 is 0. The van der Waals surface area contributed by atoms with Crippen LogP contribution in [0.1, 0.15) is 28.9 Å². The lowest BCUT2D eigenvalue weighted by Crippen LogP contribution is -2.23. The Kier molecular flexibility index (Phi) is 4.71. The van der Waals surface area contributed by atoms with Gasteiger partial charge in [-0.3, -0.25) is 4.79 Å². The molecule has 0 aliphatic carbocycles. The summed E-state index contributed by atoms with van der Waals surface area (Å²) in [5.41, 5.74) is 0. The molecule has 17 heavy (non-hydrogen) atoms. The molecular weight excluding hydrogens is 234 g/mol. The number of hydrogen-bond donors (Lipinski definition) is 1. The molecule has 1 atom stereocenters. The van der Waals surface area contributed by atoms with Gasteiger partial charge in [-0.25, -0.2) is 0 Å². The van der Waals surface area contributed by atoms with Gasteiger partial charge in [0.25, 0.3) is 0 Å². The third-order valence-electron chi connectivity index (χ3n) is 3.30. The Hall–Kier alpha value is -0.710. The highest BCUT2D eigenvalue weighted by molar-refractivity contribution is 7.12. The van der Waals surface area contributed by atoms with Gasteiger partial charge in [0, 0.05) is 19.6 Å². The van der Waals surface area contributed by atoms with Gasteiger partial charge in [-0.2, -0.15) is 0 Å². The first-order valence-corrected chi connectivity index (χ1v) is 7.07. The lowest BCUT2D eigenvalue weighted by Gasteiger charge is -2.14. The van der Waals surface area contributed by atoms with Crippen molar-refractivity contribution in [2.45, 2.75) is 19.3 Å². The van der Waals surface area contributed by atoms with Crippen LogP contribution in [-0.4, -0.2) is 42.0 Å². The van der Waals surface area contributed by atoms with Crippen LogP contribution in [0, 0.1) is 5.92 Å². The van der Waals surface area contributed by atoms with Gasteiger partial charge in [0.05, 0.1) is 4.88 Å². The summed E-state index contributed by atoms with van der Waals surface area (Å²) >= 11 is 1.52. The van der Waals surface area contributed by atoms with Crippen molar-refractivity contribution in [2.24, 2.45) is 5.92 Å². The summed E-state index contributed by atoms with van der Waals surface area (Å²) in [7, 11) is 0. The number of nitrogens with zero attached hydrogens (tertiary/aromatic N) is 1. The molecule has 1 saturated heterocycles. The maximum absolute atomic E-state index is 11.8. The van der Waals surface area contributed by atoms with E-state index in [2.05, 4.69) is 4.90 Å². The third-order valence-corrected chi connectivity index (χ3v) is 4.21. The number of carbonyl (C=O) groups is 1. The number of ketones is 1. The molecule has 2 rings (SSSR count). The minimum absolute atomic E-state index is 0.262. The van der Waals surface area contributed by atoms with Crippen molar-refractivity contribution in [1.29, 1.82) is 0 Å². The molecule has 0 bridgehead atoms. The van der Waals surface area contributed by atoms with Crippen LogP contribution >= 0.6 is 11.3 Å². The normalized spacial score (nSPS) is 20.9. The second-order valence-corrected chi connectivity index (χ2v) is 5.59. The van der Waals surface area contributed by atoms with Gasteiger partial charge in [-0.05, 0) is 43.3 Å². The first kappa shape index (κ1) is 12.7. The topological polar surface area (TPSA) is 40.5 Å². The summed E-state index contributed by atoms with van der Waals surface area (Å²) in [4.78, 5) is 15.0. The Balaban J connectivity index is 1.65. The molecule has 0 amide bonds. The SMILES string of the molecule is O=C(CCCN1CCC(CO)C1)c1cccs1. The molecule has 4 heteroatoms. The third kappa shape index (κ3) is 3.63. The fraction of sp³-hybridized carbons (Fsp3) is 0.615. The smallest absolute Gasteiger partial charge is 0.172 e. The van der Waals surface area contributed by atoms with E-state index in [0.717, 1.165) is 37.4 Å². The Morgan fingerprint density at radius 1 is 1.59 bits per heavy atom. The molecule has 1 unspecified atom stereocenters. The highest BCUT2D eigenvalue weighted by atomic mass is 32.1. The van der Waals surface area contributed by atoms with Crippen LogP contribution in [0.5, 0.6) is 0 Å². The highest BCUT2D eigenvalue weighted by Gasteiger charge is 2.21. The Bertz CT molecular complexity index is 350. The van der Waals surface area contributed by atoms with Gasteiger partial charge in [0.2, 0.25) is 0 Å². The van der Waals surface area contributed by atoms with Gasteiger partial charge < -0.3 is 10.0 Å². The zero-order valence-corrected chi connectivity index (χ0v) is 10.8. The molecule has 1 N–H and O–H groups in total. The van der Waals surface area contributed by atoms with E-state index in [1.165, 1.54) is 11.3 Å². The van der Waals surface area contributed by atoms with Crippen molar-refractivity contribution in [3.63, 3.8) is 0 Å². The predicted octanol–water partition coefficient (Wildman–Crippen LogP) is 2.03. The number of likely N-dealkylation sites (tertiary alicyclic amines) is 1. The number of aliphatic hydroxyl groups excluding tert-OH is 1. The quantitative estimate of drug-likeness (QED) is 0.789. The number of hydrogen-bond acceptors (Lipinski definition) is 4. The number of rotatable bonds is 6. The molecule has 94 valence electrons. The van der Waals surface area contributed by atoms with E-state index in [-0.39, 0.29) is 5.78 Å². The van der Waals surface area contributed by atoms with Gasteiger partial charge >= 0.3 is 0 Å². The van der Waals surface area contributed by atoms with Gasteiger partial charge in [0.15, 0.2) is 5.78 Å². The Labute approximate surface area is 106 Å². The van der Waals surface area contributed by atoms with Crippen molar-refractivity contribution < 1.29 is 9.90 Å². The number of thiophene rings is 1. The molecule has 2 heterocycles. The zero-order valence-electron chi connectivity index (χ0n) is 9.97. The van der Waals surface area contributed by atoms with E-state index in [1.807, 2.05) is 17.5 Å². The van der Waals surface area contributed by atoms with Crippen LogP contribution in [-0.2, 0) is 0 Å². The fourth-order valence-electron chi connectivity index (χ4n) is 2.29. The van der Waals surface area contributed by atoms with E-state index >= 15 is 0 Å². The van der Waals surface area contributed by atoms with Crippen molar-refractivity contribution in [3.8, 4) is 0 Å². The van der Waals surface area contributed by atoms with Crippen LogP contribution in [0.4, 0.5) is 0 Å². The summed E-state index contributed by atoms with van der Waals surface area (Å²) in [6.07, 6.45) is 2.66. The second-order valence-electron chi connectivity index (χ2n) is 4.64. The number of carbonyl (C=O) groups excluding carboxylic acids is 1. The van der Waals surface area contributed by atoms with E-state index in [1.54, 1.807) is 0 Å². The van der Waals surface area contributed by atoms with E-state index in [9.17, 15) is 4.79 Å². The van der Waals surface area contributed by atoms with E-state index < -0.39 is 0 Å². The minimum atomic E-state index is 0.262. The summed E-state index contributed by atoms with van der Waals surface area (Å²) in [6.45, 7) is 3.33. The summed E-state index contributed by atoms with van der Waals surface area (Å²) in [5.74, 6) is 0.709. The molecule has 0 aromatic carbocycles. The summed E-state index contributed by atoms with van der Waals surface area (Å²) in [5, 5.41) is 11.0. The first-order chi connectivity index (χ1) is 8.29. The van der Waals surface area contributed by atoms with Crippen molar-refractivity contribution >= 4 is 17.1 Å². The van der Waals surface area contributed by atoms with Crippen LogP contribution in [0.25, 0.3) is 0 Å². The molecule has 1 aromatic heterocycles. The van der Waals surface area contributed by atoms with Crippen molar-refractivity contribution in [3.05, 3.63) is 22.4 Å². The largest absolute Gasteiger partial charge is 0.396 e. The monoisotopic (exact) mass is 253 g/mol. The second kappa shape index (κ2) is 6.28. The van der Waals surface area contributed by atoms with E-state index in [0.29, 0.717) is 18.9 Å². The van der Waals surface area contributed by atoms with E-state index in [4.69, 9.17) is 5.11 Å². The molecule has 0 spiro atoms. The summed E-state index contributed by atoms with van der Waals surface area (Å²) in [6, 6.07) is 3.81. The lowest BCUT2D eigenvalue weighted by atomic mass is 10.1. The molecule has 1 aromatic rings. The average Bonchev–Trinajstić information content (AvgIpc) is 3.00. The molecule has 0 saturated carbocycles. The fourth-order valence-corrected chi connectivity index (χ4v) is 2.98. The van der Waals surface area contributed by atoms with Crippen LogP contribution in [0.15, 0.2) is 17.5 Å². The lowest BCUT2D eigenvalue weighted by molar-refractivity contribution is 0.0979. The predicted molar refractivity (Wildman–Crippen MR) is 69.5 cm³/mol. The molecule has 1 aliphatic heterocycles. The molecule has 0 radical (unpaired) electrons. The van der Waals surface area contributed by atoms with Crippen molar-refractivity contribution in [2.75, 3.05) is 26.2 Å². The minimum Gasteiger partial charge on any atom is -0.396 e. The molecule has 1 fully saturated rings. The van der Waals surface area contributed by atoms with Crippen molar-refractivity contribution in [1.82, 2.24) is 4.90 Å². The average molecular weight is 253 g/mol. The standard InChI is InChI=1S/C13H19NO2S/c15-10-11-5-7-14(9-11)6-1-3-12(16)13-4-2-8-17-13/h2,4,8,11,15H,1,3,5-7,9-10H2. The van der Waals surface area contributed by atoms with Gasteiger partial charge in [0.1, 0.15) is 0 Å². The maximum atomic E-state index is 11.8. The molecular formula is C13H19NO2S. The Morgan fingerprint density at radius 2 is 2.47 bits per heavy atom.